The Morgan fingerprint density at radius 1 is 1.06 bits per heavy atom. The summed E-state index contributed by atoms with van der Waals surface area (Å²) in [7, 11) is 3.32. The van der Waals surface area contributed by atoms with E-state index in [0.29, 0.717) is 85.1 Å². The first kappa shape index (κ1) is 34.7. The van der Waals surface area contributed by atoms with Gasteiger partial charge >= 0.3 is 6.01 Å². The number of hydrogen-bond donors (Lipinski definition) is 1. The molecule has 1 spiro atoms. The van der Waals surface area contributed by atoms with Gasteiger partial charge in [-0.25, -0.2) is 17.6 Å². The van der Waals surface area contributed by atoms with Crippen LogP contribution in [-0.4, -0.2) is 97.3 Å². The molecule has 0 radical (unpaired) electrons. The van der Waals surface area contributed by atoms with E-state index in [2.05, 4.69) is 20.0 Å². The molecule has 3 aromatic heterocycles. The van der Waals surface area contributed by atoms with Crippen LogP contribution in [0.1, 0.15) is 60.8 Å². The van der Waals surface area contributed by atoms with Crippen molar-refractivity contribution >= 4 is 33.4 Å². The number of phenols is 1. The Kier molecular flexibility index (Phi) is 7.86. The molecule has 2 atom stereocenters. The van der Waals surface area contributed by atoms with E-state index in [0.717, 1.165) is 12.1 Å². The molecule has 15 heteroatoms. The number of amides is 1. The van der Waals surface area contributed by atoms with E-state index in [1.807, 2.05) is 4.90 Å². The summed E-state index contributed by atoms with van der Waals surface area (Å²) >= 11 is 0. The molecule has 3 fully saturated rings. The normalized spacial score (nSPS) is 23.2. The van der Waals surface area contributed by atoms with Crippen LogP contribution in [0.15, 0.2) is 36.5 Å². The molecular weight excluding hydrogens is 704 g/mol. The van der Waals surface area contributed by atoms with E-state index in [-0.39, 0.29) is 54.0 Å². The van der Waals surface area contributed by atoms with E-state index in [1.165, 1.54) is 35.4 Å². The van der Waals surface area contributed by atoms with Crippen LogP contribution in [0.3, 0.4) is 0 Å². The zero-order valence-electron chi connectivity index (χ0n) is 30.3. The molecule has 1 amide bonds. The summed E-state index contributed by atoms with van der Waals surface area (Å²) in [5, 5.41) is 16.5. The number of aromatic hydroxyl groups is 1. The number of halogens is 4. The van der Waals surface area contributed by atoms with E-state index >= 15 is 8.78 Å². The number of phenolic OH excluding ortho intramolecular Hbond substituents is 1. The summed E-state index contributed by atoms with van der Waals surface area (Å²) < 4.78 is 69.6. The Morgan fingerprint density at radius 2 is 1.87 bits per heavy atom. The molecule has 54 heavy (non-hydrogen) atoms. The molecule has 6 heterocycles. The maximum absolute atomic E-state index is 17.2. The van der Waals surface area contributed by atoms with Crippen LogP contribution < -0.4 is 9.64 Å². The van der Waals surface area contributed by atoms with Gasteiger partial charge in [-0.15, -0.1) is 0 Å². The van der Waals surface area contributed by atoms with Crippen molar-refractivity contribution in [2.45, 2.75) is 70.0 Å². The average molecular weight is 745 g/mol. The van der Waals surface area contributed by atoms with Crippen molar-refractivity contribution in [2.24, 2.45) is 5.41 Å². The largest absolute Gasteiger partial charge is 0.508 e. The molecular formula is C39H40F4N8O3. The third kappa shape index (κ3) is 5.36. The number of nitrogens with zero attached hydrogens (tertiary/aromatic N) is 8. The second-order valence-corrected chi connectivity index (χ2v) is 15.6. The number of aryl methyl sites for hydroxylation is 2. The van der Waals surface area contributed by atoms with E-state index in [1.54, 1.807) is 31.8 Å². The number of carbonyl (C=O) groups is 1. The molecule has 0 unspecified atom stereocenters. The SMILES string of the molecule is CCc1c(F)ccc2cc(O)cc(-c3ncc4c(N5CCCn6nc(C(=O)N(C)C)cc6C5)nc(OC[C@@]56CCCN5C[C@@]5(CC5(F)F)C6)nc4c3F)c12. The summed E-state index contributed by atoms with van der Waals surface area (Å²) in [4.78, 5) is 32.3. The summed E-state index contributed by atoms with van der Waals surface area (Å²) in [6.07, 6.45) is 4.16. The minimum absolute atomic E-state index is 0.0639. The Morgan fingerprint density at radius 3 is 2.63 bits per heavy atom. The highest BCUT2D eigenvalue weighted by Crippen LogP contribution is 2.69. The smallest absolute Gasteiger partial charge is 0.319 e. The number of pyridine rings is 1. The van der Waals surface area contributed by atoms with Crippen molar-refractivity contribution in [2.75, 3.05) is 45.2 Å². The van der Waals surface area contributed by atoms with E-state index in [4.69, 9.17) is 9.72 Å². The quantitative estimate of drug-likeness (QED) is 0.191. The number of rotatable bonds is 7. The zero-order chi connectivity index (χ0) is 37.7. The standard InChI is InChI=1S/C39H40F4N8O3/c1-4-25-28(40)8-7-22-13-24(52)15-26(30(22)25)32-31(41)33-27(16-44-32)34(49-10-6-12-51-23(17-49)14-29(47-51)35(53)48(2)3)46-36(45-33)54-21-38-9-5-11-50(38)20-37(18-38)19-39(37,42)43/h7-8,13-16,52H,4-6,9-12,17-21H2,1-3H3/t37-,38-/m0/s1. The third-order valence-electron chi connectivity index (χ3n) is 11.9. The summed E-state index contributed by atoms with van der Waals surface area (Å²) in [5.74, 6) is -3.97. The summed E-state index contributed by atoms with van der Waals surface area (Å²) in [6, 6.07) is 7.37. The van der Waals surface area contributed by atoms with Gasteiger partial charge in [-0.05, 0) is 79.3 Å². The molecule has 2 aromatic carbocycles. The molecule has 3 aliphatic heterocycles. The lowest BCUT2D eigenvalue weighted by Crippen LogP contribution is -2.43. The van der Waals surface area contributed by atoms with Crippen LogP contribution in [0.2, 0.25) is 0 Å². The fourth-order valence-electron chi connectivity index (χ4n) is 9.17. The molecule has 282 valence electrons. The Balaban J connectivity index is 1.16. The predicted molar refractivity (Wildman–Crippen MR) is 193 cm³/mol. The molecule has 5 aromatic rings. The number of fused-ring (bicyclic) bond motifs is 4. The van der Waals surface area contributed by atoms with E-state index in [9.17, 15) is 18.7 Å². The topological polar surface area (TPSA) is 113 Å². The van der Waals surface area contributed by atoms with Gasteiger partial charge < -0.3 is 19.6 Å². The number of hydrogen-bond acceptors (Lipinski definition) is 9. The highest BCUT2D eigenvalue weighted by atomic mass is 19.3. The van der Waals surface area contributed by atoms with Crippen molar-refractivity contribution in [1.29, 1.82) is 0 Å². The number of carbonyl (C=O) groups excluding carboxylic acids is 1. The maximum atomic E-state index is 17.2. The highest BCUT2D eigenvalue weighted by Gasteiger charge is 2.77. The lowest BCUT2D eigenvalue weighted by Gasteiger charge is -2.31. The van der Waals surface area contributed by atoms with Crippen molar-refractivity contribution in [1.82, 2.24) is 34.5 Å². The minimum Gasteiger partial charge on any atom is -0.508 e. The molecule has 1 N–H and O–H groups in total. The summed E-state index contributed by atoms with van der Waals surface area (Å²) in [6.45, 7) is 4.21. The van der Waals surface area contributed by atoms with Gasteiger partial charge in [0.25, 0.3) is 11.8 Å². The second kappa shape index (κ2) is 12.2. The van der Waals surface area contributed by atoms with Crippen LogP contribution in [0.25, 0.3) is 32.9 Å². The van der Waals surface area contributed by atoms with Crippen molar-refractivity contribution < 1.29 is 32.2 Å². The highest BCUT2D eigenvalue weighted by molar-refractivity contribution is 6.01. The van der Waals surface area contributed by atoms with E-state index < -0.39 is 28.5 Å². The molecule has 1 saturated carbocycles. The van der Waals surface area contributed by atoms with Gasteiger partial charge in [0.2, 0.25) is 0 Å². The average Bonchev–Trinajstić information content (AvgIpc) is 3.42. The molecule has 0 bridgehead atoms. The van der Waals surface area contributed by atoms with Gasteiger partial charge in [-0.2, -0.15) is 15.1 Å². The van der Waals surface area contributed by atoms with Crippen LogP contribution in [-0.2, 0) is 19.5 Å². The van der Waals surface area contributed by atoms with Crippen LogP contribution in [0.5, 0.6) is 11.8 Å². The predicted octanol–water partition coefficient (Wildman–Crippen LogP) is 6.34. The van der Waals surface area contributed by atoms with Crippen LogP contribution >= 0.6 is 0 Å². The minimum atomic E-state index is -2.70. The van der Waals surface area contributed by atoms with Gasteiger partial charge in [-0.3, -0.25) is 19.4 Å². The lowest BCUT2D eigenvalue weighted by atomic mass is 9.89. The fourth-order valence-corrected chi connectivity index (χ4v) is 9.17. The molecule has 9 rings (SSSR count). The second-order valence-electron chi connectivity index (χ2n) is 15.6. The van der Waals surface area contributed by atoms with Gasteiger partial charge in [0.15, 0.2) is 11.5 Å². The molecule has 2 saturated heterocycles. The molecule has 1 aliphatic carbocycles. The third-order valence-corrected chi connectivity index (χ3v) is 11.9. The Bertz CT molecular complexity index is 2370. The summed E-state index contributed by atoms with van der Waals surface area (Å²) in [5.41, 5.74) is -0.225. The van der Waals surface area contributed by atoms with Gasteiger partial charge in [-0.1, -0.05) is 13.0 Å². The van der Waals surface area contributed by atoms with Crippen molar-refractivity contribution in [3.05, 3.63) is 65.1 Å². The number of anilines is 1. The van der Waals surface area contributed by atoms with Gasteiger partial charge in [0, 0.05) is 51.9 Å². The lowest BCUT2D eigenvalue weighted by molar-refractivity contribution is 0.0647. The number of alkyl halides is 2. The molecule has 4 aliphatic rings. The zero-order valence-corrected chi connectivity index (χ0v) is 30.3. The first-order valence-corrected chi connectivity index (χ1v) is 18.4. The van der Waals surface area contributed by atoms with Crippen molar-refractivity contribution in [3.63, 3.8) is 0 Å². The van der Waals surface area contributed by atoms with Gasteiger partial charge in [0.05, 0.1) is 28.6 Å². The van der Waals surface area contributed by atoms with Crippen LogP contribution in [0, 0.1) is 17.0 Å². The Labute approximate surface area is 308 Å². The first-order valence-electron chi connectivity index (χ1n) is 18.4. The number of aromatic nitrogens is 5. The maximum Gasteiger partial charge on any atom is 0.319 e. The number of ether oxygens (including phenoxy) is 1. The number of benzene rings is 2. The fraction of sp³-hybridized carbons (Fsp3) is 0.462. The monoisotopic (exact) mass is 744 g/mol. The van der Waals surface area contributed by atoms with Crippen LogP contribution in [0.4, 0.5) is 23.4 Å². The van der Waals surface area contributed by atoms with Gasteiger partial charge in [0.1, 0.15) is 35.2 Å². The molecule has 11 nitrogen and oxygen atoms in total. The van der Waals surface area contributed by atoms with Crippen molar-refractivity contribution in [3.8, 4) is 23.0 Å². The first-order chi connectivity index (χ1) is 25.8. The Hall–Kier alpha value is -5.05.